The summed E-state index contributed by atoms with van der Waals surface area (Å²) < 4.78 is 0. The first-order valence-electron chi connectivity index (χ1n) is 6.89. The minimum atomic E-state index is 0.334. The molecule has 1 saturated heterocycles. The monoisotopic (exact) mass is 264 g/mol. The fourth-order valence-electron chi connectivity index (χ4n) is 2.92. The van der Waals surface area contributed by atoms with E-state index in [4.69, 9.17) is 0 Å². The molecule has 2 aliphatic heterocycles. The smallest absolute Gasteiger partial charge is 0.222 e. The molecule has 0 aromatic carbocycles. The zero-order valence-corrected chi connectivity index (χ0v) is 11.5. The summed E-state index contributed by atoms with van der Waals surface area (Å²) in [5.41, 5.74) is 1.36. The standard InChI is InChI=1S/C14H20N2OS/c17-14(4-3-12-2-1-7-15-12)16-8-5-13-11(10-16)6-9-18-13/h6,9,12,15H,1-5,7-8,10H2. The molecule has 18 heavy (non-hydrogen) atoms. The summed E-state index contributed by atoms with van der Waals surface area (Å²) in [6.07, 6.45) is 5.26. The lowest BCUT2D eigenvalue weighted by Gasteiger charge is -2.27. The third kappa shape index (κ3) is 2.59. The van der Waals surface area contributed by atoms with Gasteiger partial charge in [0.05, 0.1) is 0 Å². The van der Waals surface area contributed by atoms with E-state index in [-0.39, 0.29) is 0 Å². The van der Waals surface area contributed by atoms with E-state index >= 15 is 0 Å². The van der Waals surface area contributed by atoms with E-state index < -0.39 is 0 Å². The van der Waals surface area contributed by atoms with Crippen LogP contribution in [-0.2, 0) is 17.8 Å². The van der Waals surface area contributed by atoms with Gasteiger partial charge in [0.1, 0.15) is 0 Å². The highest BCUT2D eigenvalue weighted by Crippen LogP contribution is 2.24. The normalized spacial score (nSPS) is 23.1. The topological polar surface area (TPSA) is 32.3 Å². The van der Waals surface area contributed by atoms with Gasteiger partial charge in [-0.05, 0) is 49.2 Å². The van der Waals surface area contributed by atoms with Crippen LogP contribution in [0.15, 0.2) is 11.4 Å². The number of rotatable bonds is 3. The van der Waals surface area contributed by atoms with Crippen LogP contribution in [0, 0.1) is 0 Å². The van der Waals surface area contributed by atoms with Crippen molar-refractivity contribution in [2.45, 2.75) is 44.7 Å². The van der Waals surface area contributed by atoms with Crippen LogP contribution in [0.25, 0.3) is 0 Å². The largest absolute Gasteiger partial charge is 0.338 e. The molecule has 1 N–H and O–H groups in total. The molecule has 2 aliphatic rings. The lowest BCUT2D eigenvalue weighted by atomic mass is 10.1. The average molecular weight is 264 g/mol. The van der Waals surface area contributed by atoms with E-state index in [0.717, 1.165) is 32.5 Å². The first-order chi connectivity index (χ1) is 8.83. The van der Waals surface area contributed by atoms with Crippen LogP contribution in [0.3, 0.4) is 0 Å². The third-order valence-corrected chi connectivity index (χ3v) is 5.05. The summed E-state index contributed by atoms with van der Waals surface area (Å²) in [5, 5.41) is 5.60. The zero-order chi connectivity index (χ0) is 12.4. The molecular formula is C14H20N2OS. The molecule has 1 fully saturated rings. The molecule has 1 amide bonds. The minimum Gasteiger partial charge on any atom is -0.338 e. The Labute approximate surface area is 112 Å². The molecule has 0 aliphatic carbocycles. The summed E-state index contributed by atoms with van der Waals surface area (Å²) in [6, 6.07) is 2.74. The summed E-state index contributed by atoms with van der Waals surface area (Å²) in [5.74, 6) is 0.334. The summed E-state index contributed by atoms with van der Waals surface area (Å²) in [6.45, 7) is 2.86. The van der Waals surface area contributed by atoms with Crippen LogP contribution in [0.1, 0.15) is 36.1 Å². The molecule has 0 bridgehead atoms. The third-order valence-electron chi connectivity index (χ3n) is 4.03. The van der Waals surface area contributed by atoms with E-state index in [1.54, 1.807) is 0 Å². The number of fused-ring (bicyclic) bond motifs is 1. The molecule has 1 unspecified atom stereocenters. The second-order valence-electron chi connectivity index (χ2n) is 5.27. The Hall–Kier alpha value is -0.870. The van der Waals surface area contributed by atoms with Crippen molar-refractivity contribution >= 4 is 17.2 Å². The first kappa shape index (κ1) is 12.2. The first-order valence-corrected chi connectivity index (χ1v) is 7.77. The number of thiophene rings is 1. The van der Waals surface area contributed by atoms with Crippen molar-refractivity contribution < 1.29 is 4.79 Å². The average Bonchev–Trinajstić information content (AvgIpc) is 3.05. The van der Waals surface area contributed by atoms with Crippen molar-refractivity contribution in [3.05, 3.63) is 21.9 Å². The van der Waals surface area contributed by atoms with Crippen LogP contribution >= 0.6 is 11.3 Å². The van der Waals surface area contributed by atoms with Crippen LogP contribution < -0.4 is 5.32 Å². The predicted octanol–water partition coefficient (Wildman–Crippen LogP) is 2.17. The lowest BCUT2D eigenvalue weighted by Crippen LogP contribution is -2.36. The van der Waals surface area contributed by atoms with Crippen molar-refractivity contribution in [2.24, 2.45) is 0 Å². The van der Waals surface area contributed by atoms with Gasteiger partial charge in [-0.1, -0.05) is 0 Å². The molecule has 3 nitrogen and oxygen atoms in total. The zero-order valence-electron chi connectivity index (χ0n) is 10.7. The fourth-order valence-corrected chi connectivity index (χ4v) is 3.81. The molecule has 1 aromatic heterocycles. The van der Waals surface area contributed by atoms with Crippen molar-refractivity contribution in [1.29, 1.82) is 0 Å². The molecule has 1 atom stereocenters. The number of carbonyl (C=O) groups excluding carboxylic acids is 1. The Balaban J connectivity index is 1.51. The van der Waals surface area contributed by atoms with Gasteiger partial charge in [0.25, 0.3) is 0 Å². The maximum Gasteiger partial charge on any atom is 0.222 e. The highest BCUT2D eigenvalue weighted by atomic mass is 32.1. The Morgan fingerprint density at radius 2 is 2.50 bits per heavy atom. The van der Waals surface area contributed by atoms with Gasteiger partial charge >= 0.3 is 0 Å². The number of hydrogen-bond donors (Lipinski definition) is 1. The number of carbonyl (C=O) groups is 1. The van der Waals surface area contributed by atoms with E-state index in [0.29, 0.717) is 18.4 Å². The molecule has 1 aromatic rings. The van der Waals surface area contributed by atoms with Crippen LogP contribution in [0.2, 0.25) is 0 Å². The Kier molecular flexibility index (Phi) is 3.66. The molecule has 0 spiro atoms. The van der Waals surface area contributed by atoms with Gasteiger partial charge in [0.2, 0.25) is 5.91 Å². The van der Waals surface area contributed by atoms with E-state index in [9.17, 15) is 4.79 Å². The molecule has 3 rings (SSSR count). The molecule has 4 heteroatoms. The summed E-state index contributed by atoms with van der Waals surface area (Å²) >= 11 is 1.82. The van der Waals surface area contributed by atoms with E-state index in [1.165, 1.54) is 23.3 Å². The van der Waals surface area contributed by atoms with Crippen molar-refractivity contribution in [3.8, 4) is 0 Å². The molecule has 3 heterocycles. The van der Waals surface area contributed by atoms with Gasteiger partial charge in [0, 0.05) is 30.4 Å². The quantitative estimate of drug-likeness (QED) is 0.907. The van der Waals surface area contributed by atoms with E-state index in [1.807, 2.05) is 16.2 Å². The Morgan fingerprint density at radius 3 is 3.33 bits per heavy atom. The lowest BCUT2D eigenvalue weighted by molar-refractivity contribution is -0.132. The maximum absolute atomic E-state index is 12.2. The van der Waals surface area contributed by atoms with Crippen LogP contribution in [-0.4, -0.2) is 29.9 Å². The Bertz CT molecular complexity index is 423. The van der Waals surface area contributed by atoms with Gasteiger partial charge in [0.15, 0.2) is 0 Å². The van der Waals surface area contributed by atoms with E-state index in [2.05, 4.69) is 16.8 Å². The highest BCUT2D eigenvalue weighted by molar-refractivity contribution is 7.10. The number of amides is 1. The molecular weight excluding hydrogens is 244 g/mol. The van der Waals surface area contributed by atoms with Crippen molar-refractivity contribution in [2.75, 3.05) is 13.1 Å². The Morgan fingerprint density at radius 1 is 1.56 bits per heavy atom. The van der Waals surface area contributed by atoms with Gasteiger partial charge in [-0.15, -0.1) is 11.3 Å². The van der Waals surface area contributed by atoms with Crippen LogP contribution in [0.4, 0.5) is 0 Å². The summed E-state index contributed by atoms with van der Waals surface area (Å²) in [7, 11) is 0. The SMILES string of the molecule is O=C(CCC1CCCN1)N1CCc2sccc2C1. The molecule has 98 valence electrons. The second-order valence-corrected chi connectivity index (χ2v) is 6.27. The van der Waals surface area contributed by atoms with Gasteiger partial charge in [-0.2, -0.15) is 0 Å². The number of hydrogen-bond acceptors (Lipinski definition) is 3. The van der Waals surface area contributed by atoms with Gasteiger partial charge in [-0.3, -0.25) is 4.79 Å². The van der Waals surface area contributed by atoms with Gasteiger partial charge < -0.3 is 10.2 Å². The van der Waals surface area contributed by atoms with Crippen molar-refractivity contribution in [1.82, 2.24) is 10.2 Å². The molecule has 0 saturated carbocycles. The second kappa shape index (κ2) is 5.41. The van der Waals surface area contributed by atoms with Crippen LogP contribution in [0.5, 0.6) is 0 Å². The maximum atomic E-state index is 12.2. The van der Waals surface area contributed by atoms with Crippen molar-refractivity contribution in [3.63, 3.8) is 0 Å². The highest BCUT2D eigenvalue weighted by Gasteiger charge is 2.22. The minimum absolute atomic E-state index is 0.334. The fraction of sp³-hybridized carbons (Fsp3) is 0.643. The summed E-state index contributed by atoms with van der Waals surface area (Å²) in [4.78, 5) is 15.7. The van der Waals surface area contributed by atoms with Gasteiger partial charge in [-0.25, -0.2) is 0 Å². The molecule has 0 radical (unpaired) electrons. The number of nitrogens with one attached hydrogen (secondary N) is 1. The predicted molar refractivity (Wildman–Crippen MR) is 73.7 cm³/mol. The number of nitrogens with zero attached hydrogens (tertiary/aromatic N) is 1.